The van der Waals surface area contributed by atoms with Crippen LogP contribution >= 0.6 is 0 Å². The second-order valence-electron chi connectivity index (χ2n) is 12.9. The van der Waals surface area contributed by atoms with Crippen LogP contribution in [-0.4, -0.2) is 24.1 Å². The summed E-state index contributed by atoms with van der Waals surface area (Å²) in [4.78, 5) is 11.9. The fraction of sp³-hybridized carbons (Fsp3) is 0.550. The molecule has 1 fully saturated rings. The zero-order valence-corrected chi connectivity index (χ0v) is 29.7. The average molecular weight is 652 g/mol. The summed E-state index contributed by atoms with van der Waals surface area (Å²) in [6.07, 6.45) is 10.4. The highest BCUT2D eigenvalue weighted by molar-refractivity contribution is 5.89. The van der Waals surface area contributed by atoms with Crippen LogP contribution in [0.25, 0.3) is 22.2 Å². The van der Waals surface area contributed by atoms with Crippen molar-refractivity contribution in [3.63, 3.8) is 0 Å². The number of rotatable bonds is 10. The molecule has 0 radical (unpaired) electrons. The van der Waals surface area contributed by atoms with Gasteiger partial charge >= 0.3 is 6.18 Å². The SMILES string of the molecule is CC.CCC[C@H]1CCCC(CCCC(C)c2nc(N(C)C)c3ccccc3n2)CC1.CCc1ccc(-c2cccc(C(F)(F)F)c2)o1. The van der Waals surface area contributed by atoms with Gasteiger partial charge in [0.15, 0.2) is 0 Å². The topological polar surface area (TPSA) is 42.2 Å². The normalized spacial score (nSPS) is 17.1. The summed E-state index contributed by atoms with van der Waals surface area (Å²) in [6, 6.07) is 17.0. The summed E-state index contributed by atoms with van der Waals surface area (Å²) in [7, 11) is 4.14. The minimum atomic E-state index is -4.32. The Morgan fingerprint density at radius 2 is 1.57 bits per heavy atom. The van der Waals surface area contributed by atoms with Crippen LogP contribution in [0.1, 0.15) is 122 Å². The number of anilines is 1. The Kier molecular flexibility index (Phi) is 15.3. The van der Waals surface area contributed by atoms with Crippen LogP contribution in [0.4, 0.5) is 19.0 Å². The maximum atomic E-state index is 12.5. The third-order valence-corrected chi connectivity index (χ3v) is 9.10. The Balaban J connectivity index is 0.000000270. The van der Waals surface area contributed by atoms with Crippen molar-refractivity contribution < 1.29 is 17.6 Å². The third kappa shape index (κ3) is 11.4. The number of aromatic nitrogens is 2. The van der Waals surface area contributed by atoms with Crippen molar-refractivity contribution in [1.29, 1.82) is 0 Å². The van der Waals surface area contributed by atoms with Gasteiger partial charge in [-0.25, -0.2) is 9.97 Å². The monoisotopic (exact) mass is 651 g/mol. The highest BCUT2D eigenvalue weighted by Gasteiger charge is 2.30. The van der Waals surface area contributed by atoms with Crippen molar-refractivity contribution in [2.75, 3.05) is 19.0 Å². The number of halogens is 3. The molecule has 5 rings (SSSR count). The molecule has 0 bridgehead atoms. The van der Waals surface area contributed by atoms with Crippen molar-refractivity contribution in [3.05, 3.63) is 77.8 Å². The molecule has 2 aromatic heterocycles. The van der Waals surface area contributed by atoms with Crippen LogP contribution in [0.2, 0.25) is 0 Å². The van der Waals surface area contributed by atoms with Gasteiger partial charge in [-0.05, 0) is 54.7 Å². The van der Waals surface area contributed by atoms with Crippen LogP contribution in [0.15, 0.2) is 65.1 Å². The van der Waals surface area contributed by atoms with E-state index in [9.17, 15) is 13.2 Å². The van der Waals surface area contributed by atoms with Crippen LogP contribution in [0.3, 0.4) is 0 Å². The third-order valence-electron chi connectivity index (χ3n) is 9.10. The highest BCUT2D eigenvalue weighted by Crippen LogP contribution is 2.35. The Hall–Kier alpha value is -3.35. The molecule has 258 valence electrons. The Morgan fingerprint density at radius 1 is 0.872 bits per heavy atom. The van der Waals surface area contributed by atoms with Crippen molar-refractivity contribution in [1.82, 2.24) is 9.97 Å². The van der Waals surface area contributed by atoms with Crippen LogP contribution in [0, 0.1) is 11.8 Å². The van der Waals surface area contributed by atoms with Gasteiger partial charge in [0.25, 0.3) is 0 Å². The zero-order valence-electron chi connectivity index (χ0n) is 29.7. The molecule has 1 saturated carbocycles. The fourth-order valence-corrected chi connectivity index (χ4v) is 6.49. The van der Waals surface area contributed by atoms with Crippen LogP contribution < -0.4 is 4.90 Å². The van der Waals surface area contributed by atoms with E-state index in [-0.39, 0.29) is 0 Å². The fourth-order valence-electron chi connectivity index (χ4n) is 6.49. The van der Waals surface area contributed by atoms with Crippen molar-refractivity contribution in [2.24, 2.45) is 11.8 Å². The molecular formula is C40H56F3N3O. The largest absolute Gasteiger partial charge is 0.461 e. The van der Waals surface area contributed by atoms with E-state index in [2.05, 4.69) is 57.1 Å². The van der Waals surface area contributed by atoms with E-state index in [1.807, 2.05) is 20.8 Å². The summed E-state index contributed by atoms with van der Waals surface area (Å²) in [6.45, 7) is 10.6. The van der Waals surface area contributed by atoms with Crippen LogP contribution in [-0.2, 0) is 12.6 Å². The van der Waals surface area contributed by atoms with E-state index >= 15 is 0 Å². The number of para-hydroxylation sites is 1. The van der Waals surface area contributed by atoms with Gasteiger partial charge in [0.1, 0.15) is 23.2 Å². The lowest BCUT2D eigenvalue weighted by atomic mass is 9.90. The van der Waals surface area contributed by atoms with Gasteiger partial charge in [-0.1, -0.05) is 117 Å². The highest BCUT2D eigenvalue weighted by atomic mass is 19.4. The van der Waals surface area contributed by atoms with Gasteiger partial charge in [-0.15, -0.1) is 0 Å². The molecule has 1 aliphatic carbocycles. The lowest BCUT2D eigenvalue weighted by Gasteiger charge is -2.19. The number of fused-ring (bicyclic) bond motifs is 1. The van der Waals surface area contributed by atoms with Crippen LogP contribution in [0.5, 0.6) is 0 Å². The van der Waals surface area contributed by atoms with E-state index in [1.54, 1.807) is 18.2 Å². The van der Waals surface area contributed by atoms with E-state index < -0.39 is 11.7 Å². The van der Waals surface area contributed by atoms with Crippen molar-refractivity contribution in [2.45, 2.75) is 117 Å². The van der Waals surface area contributed by atoms with E-state index in [0.29, 0.717) is 17.2 Å². The molecule has 2 unspecified atom stereocenters. The minimum absolute atomic E-state index is 0.418. The second kappa shape index (κ2) is 18.8. The van der Waals surface area contributed by atoms with Crippen molar-refractivity contribution >= 4 is 16.7 Å². The van der Waals surface area contributed by atoms with E-state index in [0.717, 1.165) is 58.7 Å². The summed E-state index contributed by atoms with van der Waals surface area (Å²) in [5, 5.41) is 1.14. The first-order valence-corrected chi connectivity index (χ1v) is 17.8. The first-order chi connectivity index (χ1) is 22.6. The molecule has 2 aromatic carbocycles. The number of hydrogen-bond acceptors (Lipinski definition) is 4. The van der Waals surface area contributed by atoms with E-state index in [1.165, 1.54) is 70.3 Å². The number of alkyl halides is 3. The predicted octanol–water partition coefficient (Wildman–Crippen LogP) is 12.5. The lowest BCUT2D eigenvalue weighted by Crippen LogP contribution is -2.14. The van der Waals surface area contributed by atoms with Gasteiger partial charge in [0.2, 0.25) is 0 Å². The molecular weight excluding hydrogens is 595 g/mol. The Labute approximate surface area is 281 Å². The van der Waals surface area contributed by atoms with Gasteiger partial charge in [0, 0.05) is 37.4 Å². The van der Waals surface area contributed by atoms with Crippen molar-refractivity contribution in [3.8, 4) is 11.3 Å². The number of nitrogens with zero attached hydrogens (tertiary/aromatic N) is 3. The molecule has 0 aliphatic heterocycles. The average Bonchev–Trinajstić information content (AvgIpc) is 3.46. The predicted molar refractivity (Wildman–Crippen MR) is 191 cm³/mol. The zero-order chi connectivity index (χ0) is 34.4. The van der Waals surface area contributed by atoms with Gasteiger partial charge in [-0.3, -0.25) is 0 Å². The number of aryl methyl sites for hydroxylation is 1. The first-order valence-electron chi connectivity index (χ1n) is 17.8. The molecule has 2 heterocycles. The molecule has 0 N–H and O–H groups in total. The smallest absolute Gasteiger partial charge is 0.416 e. The maximum Gasteiger partial charge on any atom is 0.416 e. The minimum Gasteiger partial charge on any atom is -0.461 e. The summed E-state index contributed by atoms with van der Waals surface area (Å²) < 4.78 is 43.0. The molecule has 0 spiro atoms. The molecule has 1 aliphatic rings. The number of hydrogen-bond donors (Lipinski definition) is 0. The number of benzene rings is 2. The molecule has 4 aromatic rings. The standard InChI is InChI=1S/C25H39N3.C13H11F3O.C2H6/c1-5-10-20-13-9-14-21(18-17-20)12-8-11-19(2)24-26-23-16-7-6-15-22(23)25(27-24)28(3)4;1-2-11-6-7-12(17-11)9-4-3-5-10(8-9)13(14,15)16;1-2/h6-7,15-16,19-21H,5,8-14,17-18H2,1-4H3;3-8H,2H2,1H3;1-2H3/t19?,20-,21?;;/m0../s1. The molecule has 3 atom stereocenters. The molecule has 47 heavy (non-hydrogen) atoms. The second-order valence-corrected chi connectivity index (χ2v) is 12.9. The van der Waals surface area contributed by atoms with Gasteiger partial charge in [0.05, 0.1) is 11.1 Å². The molecule has 0 amide bonds. The number of furan rings is 1. The lowest BCUT2D eigenvalue weighted by molar-refractivity contribution is -0.137. The molecule has 0 saturated heterocycles. The Bertz CT molecular complexity index is 1480. The summed E-state index contributed by atoms with van der Waals surface area (Å²) >= 11 is 0. The van der Waals surface area contributed by atoms with Gasteiger partial charge < -0.3 is 9.32 Å². The molecule has 4 nitrogen and oxygen atoms in total. The van der Waals surface area contributed by atoms with Gasteiger partial charge in [-0.2, -0.15) is 13.2 Å². The summed E-state index contributed by atoms with van der Waals surface area (Å²) in [5.74, 6) is 5.64. The molecule has 7 heteroatoms. The summed E-state index contributed by atoms with van der Waals surface area (Å²) in [5.41, 5.74) is 0.845. The quantitative estimate of drug-likeness (QED) is 0.160. The maximum absolute atomic E-state index is 12.5. The first kappa shape index (κ1) is 38.1. The van der Waals surface area contributed by atoms with E-state index in [4.69, 9.17) is 14.4 Å². The Morgan fingerprint density at radius 3 is 2.21 bits per heavy atom.